The third-order valence-corrected chi connectivity index (χ3v) is 5.80. The second kappa shape index (κ2) is 9.58. The van der Waals surface area contributed by atoms with Crippen molar-refractivity contribution in [3.05, 3.63) is 42.4 Å². The Bertz CT molecular complexity index is 1250. The Morgan fingerprint density at radius 3 is 2.69 bits per heavy atom. The maximum Gasteiger partial charge on any atom is 0.413 e. The summed E-state index contributed by atoms with van der Waals surface area (Å²) in [6.45, 7) is 1.78. The molecule has 182 valence electrons. The number of nitrogens with zero attached hydrogens (tertiary/aromatic N) is 4. The SMILES string of the molecule is CNC(=O)c1nnc(NC(=O)OC2CC2)cc1Nc1cccc(-c2cnn(C3CNC3)c2)c1OC. The first kappa shape index (κ1) is 22.6. The highest BCUT2D eigenvalue weighted by Gasteiger charge is 2.26. The molecule has 1 aromatic carbocycles. The van der Waals surface area contributed by atoms with Crippen LogP contribution in [-0.4, -0.2) is 65.3 Å². The van der Waals surface area contributed by atoms with Gasteiger partial charge in [-0.3, -0.25) is 14.8 Å². The Hall–Kier alpha value is -4.19. The van der Waals surface area contributed by atoms with E-state index in [0.717, 1.165) is 37.1 Å². The minimum absolute atomic E-state index is 0.0531. The van der Waals surface area contributed by atoms with Crippen LogP contribution < -0.4 is 26.0 Å². The zero-order chi connectivity index (χ0) is 24.4. The van der Waals surface area contributed by atoms with Crippen molar-refractivity contribution in [3.8, 4) is 16.9 Å². The number of hydrogen-bond acceptors (Lipinski definition) is 9. The van der Waals surface area contributed by atoms with Crippen molar-refractivity contribution in [1.29, 1.82) is 0 Å². The fourth-order valence-electron chi connectivity index (χ4n) is 3.67. The largest absolute Gasteiger partial charge is 0.494 e. The van der Waals surface area contributed by atoms with Gasteiger partial charge in [0.2, 0.25) is 0 Å². The lowest BCUT2D eigenvalue weighted by molar-refractivity contribution is 0.0958. The van der Waals surface area contributed by atoms with E-state index in [1.165, 1.54) is 13.1 Å². The number of rotatable bonds is 8. The van der Waals surface area contributed by atoms with E-state index in [4.69, 9.17) is 9.47 Å². The summed E-state index contributed by atoms with van der Waals surface area (Å²) in [5.74, 6) is 0.287. The minimum Gasteiger partial charge on any atom is -0.494 e. The van der Waals surface area contributed by atoms with E-state index in [-0.39, 0.29) is 17.6 Å². The van der Waals surface area contributed by atoms with Crippen molar-refractivity contribution < 1.29 is 19.1 Å². The molecule has 0 unspecified atom stereocenters. The lowest BCUT2D eigenvalue weighted by Crippen LogP contribution is -2.43. The number of methoxy groups -OCH3 is 1. The van der Waals surface area contributed by atoms with E-state index in [2.05, 4.69) is 36.6 Å². The summed E-state index contributed by atoms with van der Waals surface area (Å²) in [6.07, 6.45) is 4.84. The number of carbonyl (C=O) groups is 2. The molecule has 4 N–H and O–H groups in total. The van der Waals surface area contributed by atoms with Gasteiger partial charge < -0.3 is 25.4 Å². The molecule has 5 rings (SSSR count). The number of para-hydroxylation sites is 1. The molecule has 3 heterocycles. The first-order valence-electron chi connectivity index (χ1n) is 11.3. The van der Waals surface area contributed by atoms with Gasteiger partial charge in [-0.2, -0.15) is 5.10 Å². The quantitative estimate of drug-likeness (QED) is 0.383. The third kappa shape index (κ3) is 4.87. The monoisotopic (exact) mass is 478 g/mol. The van der Waals surface area contributed by atoms with E-state index >= 15 is 0 Å². The molecule has 35 heavy (non-hydrogen) atoms. The van der Waals surface area contributed by atoms with Crippen LogP contribution in [0, 0.1) is 0 Å². The average molecular weight is 479 g/mol. The summed E-state index contributed by atoms with van der Waals surface area (Å²) >= 11 is 0. The molecular formula is C23H26N8O4. The molecule has 0 spiro atoms. The van der Waals surface area contributed by atoms with Crippen LogP contribution in [0.3, 0.4) is 0 Å². The Kier molecular flexibility index (Phi) is 6.19. The molecule has 1 saturated heterocycles. The average Bonchev–Trinajstić information content (AvgIpc) is 3.51. The van der Waals surface area contributed by atoms with Crippen molar-refractivity contribution in [2.75, 3.05) is 37.9 Å². The molecule has 1 aliphatic heterocycles. The van der Waals surface area contributed by atoms with E-state index in [1.54, 1.807) is 13.3 Å². The van der Waals surface area contributed by atoms with Gasteiger partial charge in [0, 0.05) is 43.5 Å². The van der Waals surface area contributed by atoms with Crippen LogP contribution >= 0.6 is 0 Å². The van der Waals surface area contributed by atoms with Gasteiger partial charge in [0.05, 0.1) is 30.7 Å². The van der Waals surface area contributed by atoms with Crippen molar-refractivity contribution >= 4 is 29.2 Å². The molecule has 2 amide bonds. The predicted octanol–water partition coefficient (Wildman–Crippen LogP) is 2.31. The van der Waals surface area contributed by atoms with Gasteiger partial charge in [-0.15, -0.1) is 10.2 Å². The van der Waals surface area contributed by atoms with Gasteiger partial charge in [-0.1, -0.05) is 12.1 Å². The van der Waals surface area contributed by atoms with Crippen LogP contribution in [0.2, 0.25) is 0 Å². The number of anilines is 3. The van der Waals surface area contributed by atoms with Crippen molar-refractivity contribution in [2.45, 2.75) is 25.0 Å². The van der Waals surface area contributed by atoms with E-state index in [9.17, 15) is 9.59 Å². The highest BCUT2D eigenvalue weighted by atomic mass is 16.6. The summed E-state index contributed by atoms with van der Waals surface area (Å²) in [5, 5.41) is 24.0. The zero-order valence-corrected chi connectivity index (χ0v) is 19.4. The van der Waals surface area contributed by atoms with Gasteiger partial charge in [0.1, 0.15) is 11.9 Å². The van der Waals surface area contributed by atoms with Crippen LogP contribution in [0.15, 0.2) is 36.7 Å². The molecule has 2 fully saturated rings. The zero-order valence-electron chi connectivity index (χ0n) is 19.4. The summed E-state index contributed by atoms with van der Waals surface area (Å²) < 4.78 is 12.9. The molecular weight excluding hydrogens is 452 g/mol. The van der Waals surface area contributed by atoms with Crippen molar-refractivity contribution in [2.24, 2.45) is 0 Å². The standard InChI is InChI=1S/C23H26N8O4/c1-24-22(32)20-18(8-19(29-30-20)28-23(33)35-15-6-7-15)27-17-5-3-4-16(21(17)34-2)13-9-26-31(12-13)14-10-25-11-14/h3-5,8-9,12,14-15,25H,6-7,10-11H2,1-2H3,(H,24,32)(H2,27,28,29,33). The molecule has 2 aliphatic rings. The molecule has 0 atom stereocenters. The highest BCUT2D eigenvalue weighted by molar-refractivity contribution is 5.99. The number of hydrogen-bond donors (Lipinski definition) is 4. The lowest BCUT2D eigenvalue weighted by Gasteiger charge is -2.27. The summed E-state index contributed by atoms with van der Waals surface area (Å²) in [7, 11) is 3.08. The normalized spacial score (nSPS) is 15.1. The Morgan fingerprint density at radius 2 is 2.00 bits per heavy atom. The van der Waals surface area contributed by atoms with Crippen molar-refractivity contribution in [1.82, 2.24) is 30.6 Å². The topological polar surface area (TPSA) is 144 Å². The number of carbonyl (C=O) groups excluding carboxylic acids is 2. The summed E-state index contributed by atoms with van der Waals surface area (Å²) in [6, 6.07) is 7.51. The van der Waals surface area contributed by atoms with Crippen LogP contribution in [0.4, 0.5) is 22.0 Å². The molecule has 12 heteroatoms. The van der Waals surface area contributed by atoms with Gasteiger partial charge >= 0.3 is 6.09 Å². The first-order valence-corrected chi connectivity index (χ1v) is 11.3. The summed E-state index contributed by atoms with van der Waals surface area (Å²) in [5.41, 5.74) is 2.75. The smallest absolute Gasteiger partial charge is 0.413 e. The van der Waals surface area contributed by atoms with Gasteiger partial charge in [-0.25, -0.2) is 4.79 Å². The van der Waals surface area contributed by atoms with Gasteiger partial charge in [0.25, 0.3) is 5.91 Å². The minimum atomic E-state index is -0.612. The maximum atomic E-state index is 12.4. The van der Waals surface area contributed by atoms with Crippen LogP contribution in [-0.2, 0) is 4.74 Å². The van der Waals surface area contributed by atoms with E-state index < -0.39 is 12.0 Å². The molecule has 12 nitrogen and oxygen atoms in total. The number of aromatic nitrogens is 4. The Labute approximate surface area is 201 Å². The Morgan fingerprint density at radius 1 is 1.17 bits per heavy atom. The van der Waals surface area contributed by atoms with Gasteiger partial charge in [-0.05, 0) is 18.9 Å². The second-order valence-electron chi connectivity index (χ2n) is 8.33. The van der Waals surface area contributed by atoms with Crippen molar-refractivity contribution in [3.63, 3.8) is 0 Å². The Balaban J connectivity index is 1.45. The van der Waals surface area contributed by atoms with Crippen LogP contribution in [0.25, 0.3) is 11.1 Å². The maximum absolute atomic E-state index is 12.4. The van der Waals surface area contributed by atoms with Gasteiger partial charge in [0.15, 0.2) is 11.5 Å². The number of ether oxygens (including phenoxy) is 2. The van der Waals surface area contributed by atoms with E-state index in [0.29, 0.717) is 23.2 Å². The first-order chi connectivity index (χ1) is 17.1. The third-order valence-electron chi connectivity index (χ3n) is 5.80. The number of amides is 2. The molecule has 3 aromatic rings. The number of benzene rings is 1. The second-order valence-corrected chi connectivity index (χ2v) is 8.33. The molecule has 0 radical (unpaired) electrons. The fourth-order valence-corrected chi connectivity index (χ4v) is 3.67. The predicted molar refractivity (Wildman–Crippen MR) is 128 cm³/mol. The fraction of sp³-hybridized carbons (Fsp3) is 0.348. The number of nitrogens with one attached hydrogen (secondary N) is 4. The summed E-state index contributed by atoms with van der Waals surface area (Å²) in [4.78, 5) is 24.5. The van der Waals surface area contributed by atoms with Crippen LogP contribution in [0.1, 0.15) is 29.4 Å². The van der Waals surface area contributed by atoms with E-state index in [1.807, 2.05) is 29.1 Å². The molecule has 0 bridgehead atoms. The molecule has 1 saturated carbocycles. The molecule has 2 aromatic heterocycles. The molecule has 1 aliphatic carbocycles. The lowest BCUT2D eigenvalue weighted by atomic mass is 10.1. The van der Waals surface area contributed by atoms with Crippen LogP contribution in [0.5, 0.6) is 5.75 Å². The highest BCUT2D eigenvalue weighted by Crippen LogP contribution is 2.38.